The van der Waals surface area contributed by atoms with Crippen LogP contribution in [0.5, 0.6) is 0 Å². The Hall–Kier alpha value is -3.04. The van der Waals surface area contributed by atoms with E-state index in [1.165, 1.54) is 11.1 Å². The van der Waals surface area contributed by atoms with Crippen LogP contribution >= 0.6 is 11.3 Å². The number of hydrogen-bond donors (Lipinski definition) is 0. The van der Waals surface area contributed by atoms with Crippen LogP contribution < -0.4 is 4.90 Å². The lowest BCUT2D eigenvalue weighted by molar-refractivity contribution is 0.0986. The summed E-state index contributed by atoms with van der Waals surface area (Å²) in [5, 5.41) is 5.24. The van der Waals surface area contributed by atoms with Gasteiger partial charge in [-0.3, -0.25) is 4.79 Å². The summed E-state index contributed by atoms with van der Waals surface area (Å²) in [5.74, 6) is -0.127. The summed E-state index contributed by atoms with van der Waals surface area (Å²) in [5.41, 5.74) is 3.63. The summed E-state index contributed by atoms with van der Waals surface area (Å²) in [7, 11) is -3.32. The van der Waals surface area contributed by atoms with Gasteiger partial charge in [0.15, 0.2) is 15.5 Å². The molecule has 0 bridgehead atoms. The lowest BCUT2D eigenvalue weighted by Crippen LogP contribution is -2.35. The minimum atomic E-state index is -3.32. The lowest BCUT2D eigenvalue weighted by atomic mass is 10.00. The lowest BCUT2D eigenvalue weighted by Gasteiger charge is -2.30. The van der Waals surface area contributed by atoms with Gasteiger partial charge < -0.3 is 4.90 Å². The van der Waals surface area contributed by atoms with Crippen molar-refractivity contribution >= 4 is 43.8 Å². The van der Waals surface area contributed by atoms with Gasteiger partial charge in [-0.1, -0.05) is 0 Å². The van der Waals surface area contributed by atoms with E-state index >= 15 is 0 Å². The molecule has 0 fully saturated rings. The van der Waals surface area contributed by atoms with Crippen LogP contribution in [-0.4, -0.2) is 41.9 Å². The van der Waals surface area contributed by atoms with Crippen LogP contribution in [0.2, 0.25) is 0 Å². The Kier molecular flexibility index (Phi) is 5.56. The third-order valence-corrected chi connectivity index (χ3v) is 8.26. The zero-order chi connectivity index (χ0) is 24.2. The first-order chi connectivity index (χ1) is 16.1. The number of fused-ring (bicyclic) bond motifs is 2. The molecule has 0 unspecified atom stereocenters. The number of amides is 1. The summed E-state index contributed by atoms with van der Waals surface area (Å²) in [6, 6.07) is 11.1. The van der Waals surface area contributed by atoms with Crippen LogP contribution in [0.15, 0.2) is 47.5 Å². The average molecular weight is 495 g/mol. The molecule has 0 N–H and O–H groups in total. The molecule has 1 aliphatic rings. The first kappa shape index (κ1) is 22.7. The van der Waals surface area contributed by atoms with Crippen LogP contribution in [0, 0.1) is 6.92 Å². The van der Waals surface area contributed by atoms with Crippen molar-refractivity contribution in [3.8, 4) is 10.6 Å². The maximum absolute atomic E-state index is 14.0. The van der Waals surface area contributed by atoms with Crippen molar-refractivity contribution < 1.29 is 13.2 Å². The molecule has 4 heterocycles. The number of sulfone groups is 1. The fourth-order valence-electron chi connectivity index (χ4n) is 4.43. The van der Waals surface area contributed by atoms with E-state index in [2.05, 4.69) is 5.10 Å². The number of anilines is 1. The predicted octanol–water partition coefficient (Wildman–Crippen LogP) is 5.05. The van der Waals surface area contributed by atoms with E-state index in [0.717, 1.165) is 40.0 Å². The highest BCUT2D eigenvalue weighted by molar-refractivity contribution is 7.90. The minimum absolute atomic E-state index is 0.0957. The van der Waals surface area contributed by atoms with Crippen molar-refractivity contribution in [2.45, 2.75) is 44.6 Å². The second-order valence-corrected chi connectivity index (χ2v) is 12.3. The Balaban J connectivity index is 1.66. The van der Waals surface area contributed by atoms with Crippen molar-refractivity contribution in [3.63, 3.8) is 0 Å². The normalized spacial score (nSPS) is 14.1. The topological polar surface area (TPSA) is 85.2 Å². The van der Waals surface area contributed by atoms with Crippen molar-refractivity contribution in [2.24, 2.45) is 0 Å². The van der Waals surface area contributed by atoms with Crippen LogP contribution in [0.3, 0.4) is 0 Å². The number of aryl methyl sites for hydroxylation is 2. The standard InChI is InChI=1S/C25H26N4O3S2/c1-15(2)29-24-20(14-26-29)19(13-21(27-24)23-10-7-16(3)33-23)25(30)28-11-5-6-17-12-18(34(4,31)32)8-9-22(17)28/h7-10,12-15H,5-6,11H2,1-4H3. The Morgan fingerprint density at radius 1 is 1.15 bits per heavy atom. The first-order valence-corrected chi connectivity index (χ1v) is 13.9. The average Bonchev–Trinajstić information content (AvgIpc) is 3.43. The summed E-state index contributed by atoms with van der Waals surface area (Å²) in [4.78, 5) is 23.1. The fourth-order valence-corrected chi connectivity index (χ4v) is 5.93. The molecule has 0 spiro atoms. The van der Waals surface area contributed by atoms with Crippen LogP contribution in [0.4, 0.5) is 5.69 Å². The maximum Gasteiger partial charge on any atom is 0.259 e. The quantitative estimate of drug-likeness (QED) is 0.397. The zero-order valence-corrected chi connectivity index (χ0v) is 21.2. The largest absolute Gasteiger partial charge is 0.308 e. The first-order valence-electron chi connectivity index (χ1n) is 11.2. The summed E-state index contributed by atoms with van der Waals surface area (Å²) in [6.45, 7) is 6.70. The fraction of sp³-hybridized carbons (Fsp3) is 0.320. The highest BCUT2D eigenvalue weighted by atomic mass is 32.2. The molecule has 1 aromatic carbocycles. The van der Waals surface area contributed by atoms with Gasteiger partial charge in [0.25, 0.3) is 5.91 Å². The monoisotopic (exact) mass is 494 g/mol. The Morgan fingerprint density at radius 2 is 1.94 bits per heavy atom. The van der Waals surface area contributed by atoms with Gasteiger partial charge in [-0.2, -0.15) is 5.10 Å². The molecular weight excluding hydrogens is 468 g/mol. The molecule has 5 rings (SSSR count). The third-order valence-electron chi connectivity index (χ3n) is 6.12. The van der Waals surface area contributed by atoms with Gasteiger partial charge in [0.2, 0.25) is 0 Å². The van der Waals surface area contributed by atoms with Gasteiger partial charge in [-0.15, -0.1) is 11.3 Å². The second-order valence-electron chi connectivity index (χ2n) is 9.01. The predicted molar refractivity (Wildman–Crippen MR) is 136 cm³/mol. The number of rotatable bonds is 4. The number of benzene rings is 1. The number of hydrogen-bond acceptors (Lipinski definition) is 6. The number of nitrogens with zero attached hydrogens (tertiary/aromatic N) is 4. The summed E-state index contributed by atoms with van der Waals surface area (Å²) < 4.78 is 25.9. The molecule has 34 heavy (non-hydrogen) atoms. The molecular formula is C25H26N4O3S2. The molecule has 7 nitrogen and oxygen atoms in total. The maximum atomic E-state index is 14.0. The molecule has 0 aliphatic carbocycles. The highest BCUT2D eigenvalue weighted by Gasteiger charge is 2.28. The number of aromatic nitrogens is 3. The van der Waals surface area contributed by atoms with Crippen molar-refractivity contribution in [3.05, 3.63) is 58.6 Å². The van der Waals surface area contributed by atoms with E-state index in [1.807, 2.05) is 43.7 Å². The molecule has 0 saturated heterocycles. The van der Waals surface area contributed by atoms with E-state index in [0.29, 0.717) is 17.8 Å². The molecule has 176 valence electrons. The molecule has 3 aromatic heterocycles. The number of thiophene rings is 1. The number of carbonyl (C=O) groups excluding carboxylic acids is 1. The van der Waals surface area contributed by atoms with Crippen LogP contribution in [0.25, 0.3) is 21.6 Å². The zero-order valence-electron chi connectivity index (χ0n) is 19.6. The SMILES string of the molecule is Cc1ccc(-c2cc(C(=O)N3CCCc4cc(S(C)(=O)=O)ccc43)c3cnn(C(C)C)c3n2)s1. The Morgan fingerprint density at radius 3 is 2.62 bits per heavy atom. The van der Waals surface area contributed by atoms with E-state index < -0.39 is 9.84 Å². The van der Waals surface area contributed by atoms with Gasteiger partial charge >= 0.3 is 0 Å². The summed E-state index contributed by atoms with van der Waals surface area (Å²) >= 11 is 1.64. The molecule has 9 heteroatoms. The number of pyridine rings is 1. The van der Waals surface area contributed by atoms with Gasteiger partial charge in [-0.25, -0.2) is 18.1 Å². The van der Waals surface area contributed by atoms with Gasteiger partial charge in [0, 0.05) is 29.4 Å². The second kappa shape index (κ2) is 8.32. The van der Waals surface area contributed by atoms with Gasteiger partial charge in [0.1, 0.15) is 0 Å². The van der Waals surface area contributed by atoms with E-state index in [-0.39, 0.29) is 16.8 Å². The Labute approximate surface area is 203 Å². The molecule has 1 amide bonds. The highest BCUT2D eigenvalue weighted by Crippen LogP contribution is 2.34. The van der Waals surface area contributed by atoms with Crippen LogP contribution in [0.1, 0.15) is 47.1 Å². The van der Waals surface area contributed by atoms with Crippen molar-refractivity contribution in [1.29, 1.82) is 0 Å². The third kappa shape index (κ3) is 3.92. The minimum Gasteiger partial charge on any atom is -0.308 e. The summed E-state index contributed by atoms with van der Waals surface area (Å²) in [6.07, 6.45) is 4.42. The number of carbonyl (C=O) groups is 1. The van der Waals surface area contributed by atoms with E-state index in [1.54, 1.807) is 40.6 Å². The molecule has 4 aromatic rings. The Bertz CT molecular complexity index is 1530. The van der Waals surface area contributed by atoms with Crippen molar-refractivity contribution in [2.75, 3.05) is 17.7 Å². The van der Waals surface area contributed by atoms with Crippen molar-refractivity contribution in [1.82, 2.24) is 14.8 Å². The van der Waals surface area contributed by atoms with Gasteiger partial charge in [0.05, 0.1) is 32.6 Å². The molecule has 0 radical (unpaired) electrons. The van der Waals surface area contributed by atoms with Crippen LogP contribution in [-0.2, 0) is 16.3 Å². The van der Waals surface area contributed by atoms with Gasteiger partial charge in [-0.05, 0) is 75.6 Å². The molecule has 1 aliphatic heterocycles. The van der Waals surface area contributed by atoms with E-state index in [9.17, 15) is 13.2 Å². The van der Waals surface area contributed by atoms with E-state index in [4.69, 9.17) is 4.98 Å². The smallest absolute Gasteiger partial charge is 0.259 e. The molecule has 0 saturated carbocycles. The molecule has 0 atom stereocenters.